The molecule has 33 heavy (non-hydrogen) atoms. The molecule has 7 nitrogen and oxygen atoms in total. The lowest BCUT2D eigenvalue weighted by Gasteiger charge is -2.20. The molecule has 0 aromatic heterocycles. The number of hydrogen-bond donors (Lipinski definition) is 0. The molecule has 0 unspecified atom stereocenters. The second-order valence-electron chi connectivity index (χ2n) is 7.18. The third kappa shape index (κ3) is 4.18. The number of ether oxygens (including phenoxy) is 3. The predicted molar refractivity (Wildman–Crippen MR) is 115 cm³/mol. The summed E-state index contributed by atoms with van der Waals surface area (Å²) in [5.41, 5.74) is 1.53. The number of hydrogen-bond acceptors (Lipinski definition) is 7. The lowest BCUT2D eigenvalue weighted by atomic mass is 10.1. The van der Waals surface area contributed by atoms with Gasteiger partial charge in [0.05, 0.1) is 12.2 Å². The van der Waals surface area contributed by atoms with Crippen LogP contribution < -0.4 is 13.7 Å². The fourth-order valence-electron chi connectivity index (χ4n) is 3.45. The van der Waals surface area contributed by atoms with Gasteiger partial charge in [0, 0.05) is 22.2 Å². The van der Waals surface area contributed by atoms with Crippen LogP contribution in [0.3, 0.4) is 0 Å². The van der Waals surface area contributed by atoms with Crippen molar-refractivity contribution >= 4 is 33.6 Å². The number of rotatable bonds is 4. The number of halogens is 2. The first kappa shape index (κ1) is 21.4. The summed E-state index contributed by atoms with van der Waals surface area (Å²) < 4.78 is 59.6. The summed E-state index contributed by atoms with van der Waals surface area (Å²) in [6.45, 7) is 0.396. The molecule has 0 radical (unpaired) electrons. The van der Waals surface area contributed by atoms with Gasteiger partial charge in [-0.05, 0) is 54.6 Å². The summed E-state index contributed by atoms with van der Waals surface area (Å²) in [6, 6.07) is 11.6. The van der Waals surface area contributed by atoms with Gasteiger partial charge in [0.1, 0.15) is 28.0 Å². The maximum Gasteiger partial charge on any atom is 0.339 e. The van der Waals surface area contributed by atoms with Crippen molar-refractivity contribution in [1.82, 2.24) is 0 Å². The number of benzene rings is 3. The highest BCUT2D eigenvalue weighted by Gasteiger charge is 2.29. The molecule has 2 heterocycles. The Hall–Kier alpha value is -3.40. The van der Waals surface area contributed by atoms with E-state index in [0.29, 0.717) is 22.9 Å². The molecule has 0 fully saturated rings. The van der Waals surface area contributed by atoms with E-state index in [0.717, 1.165) is 29.8 Å². The molecule has 0 saturated carbocycles. The van der Waals surface area contributed by atoms with E-state index in [1.807, 2.05) is 0 Å². The molecule has 0 spiro atoms. The summed E-state index contributed by atoms with van der Waals surface area (Å²) in [4.78, 5) is 12.6. The smallest absolute Gasteiger partial charge is 0.339 e. The van der Waals surface area contributed by atoms with Gasteiger partial charge in [-0.15, -0.1) is 0 Å². The van der Waals surface area contributed by atoms with E-state index in [-0.39, 0.29) is 34.5 Å². The largest absolute Gasteiger partial charge is 0.467 e. The van der Waals surface area contributed by atoms with E-state index in [2.05, 4.69) is 0 Å². The second-order valence-corrected chi connectivity index (χ2v) is 9.17. The van der Waals surface area contributed by atoms with Crippen molar-refractivity contribution in [2.45, 2.75) is 11.5 Å². The molecular weight excluding hydrogens is 475 g/mol. The van der Waals surface area contributed by atoms with Gasteiger partial charge in [-0.2, -0.15) is 8.42 Å². The predicted octanol–water partition coefficient (Wildman–Crippen LogP) is 4.73. The fraction of sp³-hybridized carbons (Fsp3) is 0.0870. The molecule has 10 heteroatoms. The number of carbonyl (C=O) groups excluding carboxylic acids is 1. The van der Waals surface area contributed by atoms with Gasteiger partial charge in [0.15, 0.2) is 12.6 Å². The fourth-order valence-corrected chi connectivity index (χ4v) is 4.62. The van der Waals surface area contributed by atoms with E-state index in [1.54, 1.807) is 12.1 Å². The van der Waals surface area contributed by atoms with Crippen molar-refractivity contribution < 1.29 is 36.0 Å². The second kappa shape index (κ2) is 8.18. The summed E-state index contributed by atoms with van der Waals surface area (Å²) >= 11 is 6.17. The molecule has 5 rings (SSSR count). The number of fused-ring (bicyclic) bond motifs is 2. The van der Waals surface area contributed by atoms with Gasteiger partial charge in [0.25, 0.3) is 0 Å². The Morgan fingerprint density at radius 2 is 1.85 bits per heavy atom. The van der Waals surface area contributed by atoms with Crippen LogP contribution in [0.1, 0.15) is 21.5 Å². The van der Waals surface area contributed by atoms with E-state index in [9.17, 15) is 17.6 Å². The van der Waals surface area contributed by atoms with Crippen LogP contribution in [0.4, 0.5) is 4.39 Å². The van der Waals surface area contributed by atoms with Gasteiger partial charge in [-0.3, -0.25) is 4.79 Å². The van der Waals surface area contributed by atoms with Gasteiger partial charge in [-0.1, -0.05) is 11.6 Å². The lowest BCUT2D eigenvalue weighted by molar-refractivity contribution is -0.0165. The number of carbonyl (C=O) groups is 1. The van der Waals surface area contributed by atoms with Crippen LogP contribution in [-0.2, 0) is 21.5 Å². The molecule has 2 aliphatic rings. The standard InChI is InChI=1S/C23H14ClFO7S/c24-15-7-13(23-14(8-15)11-29-12-30-23)9-21-22(26)19-6-3-17(10-20(19)31-21)32-33(27,28)18-4-1-16(25)2-5-18/h1-10H,11-12H2/b21-9-. The maximum absolute atomic E-state index is 13.1. The Morgan fingerprint density at radius 1 is 1.06 bits per heavy atom. The van der Waals surface area contributed by atoms with Crippen molar-refractivity contribution in [3.05, 3.63) is 87.9 Å². The molecule has 3 aromatic rings. The van der Waals surface area contributed by atoms with E-state index in [4.69, 9.17) is 30.0 Å². The zero-order valence-corrected chi connectivity index (χ0v) is 18.3. The normalized spacial score (nSPS) is 16.1. The Labute approximate surface area is 193 Å². The Morgan fingerprint density at radius 3 is 2.64 bits per heavy atom. The first-order valence-corrected chi connectivity index (χ1v) is 11.4. The monoisotopic (exact) mass is 488 g/mol. The van der Waals surface area contributed by atoms with Crippen LogP contribution in [-0.4, -0.2) is 21.0 Å². The molecule has 0 amide bonds. The topological polar surface area (TPSA) is 88.1 Å². The van der Waals surface area contributed by atoms with E-state index in [1.165, 1.54) is 24.3 Å². The van der Waals surface area contributed by atoms with Crippen molar-refractivity contribution in [3.63, 3.8) is 0 Å². The SMILES string of the molecule is O=C1/C(=C/c2cc(Cl)cc3c2OCOC3)Oc2cc(OS(=O)(=O)c3ccc(F)cc3)ccc21. The van der Waals surface area contributed by atoms with Crippen molar-refractivity contribution in [2.75, 3.05) is 6.79 Å². The minimum absolute atomic E-state index is 0.0168. The Balaban J connectivity index is 1.43. The number of Topliss-reactive ketones (excluding diaryl/α,β-unsaturated/α-hetero) is 1. The lowest BCUT2D eigenvalue weighted by Crippen LogP contribution is -2.12. The molecule has 2 aliphatic heterocycles. The van der Waals surface area contributed by atoms with Crippen LogP contribution >= 0.6 is 11.6 Å². The highest BCUT2D eigenvalue weighted by molar-refractivity contribution is 7.87. The van der Waals surface area contributed by atoms with Crippen LogP contribution in [0.2, 0.25) is 5.02 Å². The van der Waals surface area contributed by atoms with Crippen LogP contribution in [0.15, 0.2) is 65.3 Å². The summed E-state index contributed by atoms with van der Waals surface area (Å²) in [6.07, 6.45) is 1.51. The van der Waals surface area contributed by atoms with Crippen LogP contribution in [0.5, 0.6) is 17.2 Å². The maximum atomic E-state index is 13.1. The van der Waals surface area contributed by atoms with Gasteiger partial charge < -0.3 is 18.4 Å². The quantitative estimate of drug-likeness (QED) is 0.387. The van der Waals surface area contributed by atoms with Crippen molar-refractivity contribution in [3.8, 4) is 17.2 Å². The average molecular weight is 489 g/mol. The molecular formula is C23H14ClFO7S. The summed E-state index contributed by atoms with van der Waals surface area (Å²) in [5.74, 6) is -0.329. The third-order valence-electron chi connectivity index (χ3n) is 4.94. The van der Waals surface area contributed by atoms with Crippen molar-refractivity contribution in [1.29, 1.82) is 0 Å². The van der Waals surface area contributed by atoms with Crippen LogP contribution in [0.25, 0.3) is 6.08 Å². The highest BCUT2D eigenvalue weighted by atomic mass is 35.5. The van der Waals surface area contributed by atoms with E-state index >= 15 is 0 Å². The zero-order chi connectivity index (χ0) is 23.2. The van der Waals surface area contributed by atoms with Crippen molar-refractivity contribution in [2.24, 2.45) is 0 Å². The first-order valence-electron chi connectivity index (χ1n) is 9.61. The van der Waals surface area contributed by atoms with Gasteiger partial charge in [-0.25, -0.2) is 4.39 Å². The molecule has 0 saturated heterocycles. The highest BCUT2D eigenvalue weighted by Crippen LogP contribution is 2.38. The molecule has 0 N–H and O–H groups in total. The number of ketones is 1. The average Bonchev–Trinajstić information content (AvgIpc) is 3.08. The molecule has 168 valence electrons. The molecule has 0 bridgehead atoms. The number of allylic oxidation sites excluding steroid dienone is 1. The summed E-state index contributed by atoms with van der Waals surface area (Å²) in [5, 5.41) is 0.444. The molecule has 0 atom stereocenters. The minimum atomic E-state index is -4.20. The van der Waals surface area contributed by atoms with Crippen LogP contribution in [0, 0.1) is 5.82 Å². The van der Waals surface area contributed by atoms with Gasteiger partial charge in [0.2, 0.25) is 5.78 Å². The molecule has 0 aliphatic carbocycles. The first-order chi connectivity index (χ1) is 15.8. The summed E-state index contributed by atoms with van der Waals surface area (Å²) in [7, 11) is -4.20. The van der Waals surface area contributed by atoms with E-state index < -0.39 is 21.7 Å². The third-order valence-corrected chi connectivity index (χ3v) is 6.42. The zero-order valence-electron chi connectivity index (χ0n) is 16.7. The Kier molecular flexibility index (Phi) is 5.32. The van der Waals surface area contributed by atoms with Gasteiger partial charge >= 0.3 is 10.1 Å². The molecule has 3 aromatic carbocycles. The Bertz CT molecular complexity index is 1420. The minimum Gasteiger partial charge on any atom is -0.467 e.